The van der Waals surface area contributed by atoms with E-state index in [2.05, 4.69) is 31.7 Å². The van der Waals surface area contributed by atoms with Gasteiger partial charge in [-0.05, 0) is 87.5 Å². The molecule has 1 heterocycles. The molecule has 3 fully saturated rings. The van der Waals surface area contributed by atoms with Crippen LogP contribution in [-0.2, 0) is 4.74 Å². The van der Waals surface area contributed by atoms with E-state index >= 15 is 0 Å². The Balaban J connectivity index is 1.63. The smallest absolute Gasteiger partial charge is 0.348 e. The third-order valence-electron chi connectivity index (χ3n) is 9.49. The highest BCUT2D eigenvalue weighted by atomic mass is 32.1. The molecule has 0 saturated heterocycles. The van der Waals surface area contributed by atoms with Crippen molar-refractivity contribution in [1.29, 1.82) is 0 Å². The zero-order chi connectivity index (χ0) is 25.2. The van der Waals surface area contributed by atoms with Gasteiger partial charge in [-0.3, -0.25) is 0 Å². The summed E-state index contributed by atoms with van der Waals surface area (Å²) < 4.78 is 5.61. The van der Waals surface area contributed by atoms with Gasteiger partial charge in [-0.25, -0.2) is 4.79 Å². The minimum atomic E-state index is -0.857. The van der Waals surface area contributed by atoms with Crippen LogP contribution in [0, 0.1) is 17.3 Å². The molecule has 0 spiro atoms. The first-order valence-electron chi connectivity index (χ1n) is 14.1. The zero-order valence-corrected chi connectivity index (χ0v) is 23.1. The molecule has 6 heteroatoms. The van der Waals surface area contributed by atoms with Crippen LogP contribution in [0.15, 0.2) is 6.07 Å². The summed E-state index contributed by atoms with van der Waals surface area (Å²) in [5.74, 6) is 0.549. The van der Waals surface area contributed by atoms with Crippen LogP contribution in [0.5, 0.6) is 0 Å². The lowest BCUT2D eigenvalue weighted by Crippen LogP contribution is -2.50. The summed E-state index contributed by atoms with van der Waals surface area (Å²) in [6.45, 7) is 6.95. The summed E-state index contributed by atoms with van der Waals surface area (Å²) in [6, 6.07) is 2.31. The second-order valence-corrected chi connectivity index (χ2v) is 13.4. The van der Waals surface area contributed by atoms with E-state index < -0.39 is 12.2 Å². The molecule has 1 atom stereocenters. The Morgan fingerprint density at radius 3 is 2.26 bits per heavy atom. The molecule has 3 aliphatic carbocycles. The average Bonchev–Trinajstić information content (AvgIpc) is 3.30. The number of hydrogen-bond acceptors (Lipinski definition) is 5. The van der Waals surface area contributed by atoms with Gasteiger partial charge in [-0.15, -0.1) is 11.3 Å². The lowest BCUT2D eigenvalue weighted by atomic mass is 9.73. The quantitative estimate of drug-likeness (QED) is 0.360. The molecule has 0 bridgehead atoms. The van der Waals surface area contributed by atoms with Crippen molar-refractivity contribution in [3.63, 3.8) is 0 Å². The maximum atomic E-state index is 12.5. The first kappa shape index (κ1) is 26.9. The van der Waals surface area contributed by atoms with Gasteiger partial charge < -0.3 is 19.8 Å². The van der Waals surface area contributed by atoms with Gasteiger partial charge in [0.2, 0.25) is 0 Å². The van der Waals surface area contributed by atoms with Crippen LogP contribution in [0.1, 0.15) is 125 Å². The minimum absolute atomic E-state index is 0.158. The van der Waals surface area contributed by atoms with Crippen LogP contribution in [0.25, 0.3) is 0 Å². The molecule has 1 unspecified atom stereocenters. The number of rotatable bonds is 8. The molecule has 5 nitrogen and oxygen atoms in total. The van der Waals surface area contributed by atoms with Crippen LogP contribution < -0.4 is 4.90 Å². The van der Waals surface area contributed by atoms with E-state index in [1.165, 1.54) is 48.3 Å². The fourth-order valence-corrected chi connectivity index (χ4v) is 8.03. The summed E-state index contributed by atoms with van der Waals surface area (Å²) in [4.78, 5) is 16.2. The van der Waals surface area contributed by atoms with E-state index in [9.17, 15) is 15.0 Å². The highest BCUT2D eigenvalue weighted by Crippen LogP contribution is 2.47. The number of anilines is 1. The van der Waals surface area contributed by atoms with Gasteiger partial charge in [0.1, 0.15) is 11.1 Å². The highest BCUT2D eigenvalue weighted by Gasteiger charge is 2.38. The number of carbonyl (C=O) groups is 1. The third-order valence-corrected chi connectivity index (χ3v) is 10.8. The largest absolute Gasteiger partial charge is 0.477 e. The topological polar surface area (TPSA) is 70.0 Å². The first-order valence-corrected chi connectivity index (χ1v) is 14.9. The minimum Gasteiger partial charge on any atom is -0.477 e. The Bertz CT molecular complexity index is 826. The Morgan fingerprint density at radius 2 is 1.71 bits per heavy atom. The number of ether oxygens (including phenoxy) is 1. The number of methoxy groups -OCH3 is 1. The SMILES string of the molecule is CCC1CCC(C(O)N(c2cc(C3CCC(C)(C)CC3)sc2C(=O)O)C2CCC(OC)CC2)CC1. The fourth-order valence-electron chi connectivity index (χ4n) is 6.87. The second-order valence-electron chi connectivity index (χ2n) is 12.3. The number of aliphatic hydroxyl groups is 1. The average molecular weight is 506 g/mol. The van der Waals surface area contributed by atoms with E-state index in [1.54, 1.807) is 7.11 Å². The molecule has 4 rings (SSSR count). The van der Waals surface area contributed by atoms with Crippen molar-refractivity contribution < 1.29 is 19.7 Å². The lowest BCUT2D eigenvalue weighted by molar-refractivity contribution is 0.0384. The predicted molar refractivity (Wildman–Crippen MR) is 144 cm³/mol. The van der Waals surface area contributed by atoms with Crippen molar-refractivity contribution in [2.75, 3.05) is 12.0 Å². The second kappa shape index (κ2) is 11.5. The van der Waals surface area contributed by atoms with Gasteiger partial charge >= 0.3 is 5.97 Å². The van der Waals surface area contributed by atoms with Gasteiger partial charge in [0.25, 0.3) is 0 Å². The Hall–Kier alpha value is -1.11. The van der Waals surface area contributed by atoms with Crippen molar-refractivity contribution in [3.8, 4) is 0 Å². The van der Waals surface area contributed by atoms with E-state index in [0.29, 0.717) is 16.2 Å². The summed E-state index contributed by atoms with van der Waals surface area (Å²) in [5.41, 5.74) is 1.15. The molecule has 3 aliphatic rings. The number of carboxylic acids is 1. The Kier molecular flexibility index (Phi) is 8.86. The molecule has 0 aromatic carbocycles. The van der Waals surface area contributed by atoms with E-state index in [0.717, 1.165) is 63.0 Å². The molecule has 3 saturated carbocycles. The van der Waals surface area contributed by atoms with Crippen LogP contribution in [0.4, 0.5) is 5.69 Å². The van der Waals surface area contributed by atoms with E-state index in [1.807, 2.05) is 0 Å². The Morgan fingerprint density at radius 1 is 1.09 bits per heavy atom. The number of aliphatic hydroxyl groups excluding tert-OH is 1. The predicted octanol–water partition coefficient (Wildman–Crippen LogP) is 7.43. The van der Waals surface area contributed by atoms with Crippen LogP contribution in [-0.4, -0.2) is 41.7 Å². The van der Waals surface area contributed by atoms with Gasteiger partial charge in [-0.1, -0.05) is 40.0 Å². The zero-order valence-electron chi connectivity index (χ0n) is 22.3. The molecule has 2 N–H and O–H groups in total. The van der Waals surface area contributed by atoms with Gasteiger partial charge in [0.05, 0.1) is 11.8 Å². The van der Waals surface area contributed by atoms with Gasteiger partial charge in [-0.2, -0.15) is 0 Å². The summed E-state index contributed by atoms with van der Waals surface area (Å²) in [7, 11) is 1.78. The maximum absolute atomic E-state index is 12.5. The molecule has 1 aromatic heterocycles. The monoisotopic (exact) mass is 505 g/mol. The molecular formula is C29H47NO4S. The normalized spacial score (nSPS) is 30.7. The van der Waals surface area contributed by atoms with Crippen molar-refractivity contribution in [3.05, 3.63) is 15.8 Å². The molecule has 1 aromatic rings. The van der Waals surface area contributed by atoms with Gasteiger partial charge in [0, 0.05) is 23.9 Å². The van der Waals surface area contributed by atoms with Crippen LogP contribution in [0.3, 0.4) is 0 Å². The number of hydrogen-bond donors (Lipinski definition) is 2. The van der Waals surface area contributed by atoms with E-state index in [-0.39, 0.29) is 18.1 Å². The van der Waals surface area contributed by atoms with Crippen LogP contribution >= 0.6 is 11.3 Å². The van der Waals surface area contributed by atoms with Crippen molar-refractivity contribution in [1.82, 2.24) is 0 Å². The standard InChI is InChI=1S/C29H47NO4S/c1-5-19-6-8-21(9-7-19)27(31)30(22-10-12-23(34-4)13-11-22)24-18-25(35-26(24)28(32)33)20-14-16-29(2,3)17-15-20/h18-23,27,31H,5-17H2,1-4H3,(H,32,33). The van der Waals surface area contributed by atoms with Crippen molar-refractivity contribution in [2.45, 2.75) is 129 Å². The molecule has 0 aliphatic heterocycles. The first-order chi connectivity index (χ1) is 16.7. The summed E-state index contributed by atoms with van der Waals surface area (Å²) >= 11 is 1.46. The maximum Gasteiger partial charge on any atom is 0.348 e. The van der Waals surface area contributed by atoms with Crippen LogP contribution in [0.2, 0.25) is 0 Å². The third kappa shape index (κ3) is 6.24. The van der Waals surface area contributed by atoms with Crippen molar-refractivity contribution in [2.24, 2.45) is 17.3 Å². The molecule has 0 amide bonds. The van der Waals surface area contributed by atoms with Crippen molar-refractivity contribution >= 4 is 23.0 Å². The Labute approximate surface area is 216 Å². The lowest BCUT2D eigenvalue weighted by Gasteiger charge is -2.44. The molecule has 198 valence electrons. The van der Waals surface area contributed by atoms with Gasteiger partial charge in [0.15, 0.2) is 0 Å². The van der Waals surface area contributed by atoms with E-state index in [4.69, 9.17) is 4.74 Å². The molecular weight excluding hydrogens is 458 g/mol. The number of thiophene rings is 1. The fraction of sp³-hybridized carbons (Fsp3) is 0.828. The summed E-state index contributed by atoms with van der Waals surface area (Å²) in [6.07, 6.45) is 13.6. The summed E-state index contributed by atoms with van der Waals surface area (Å²) in [5, 5.41) is 22.1. The number of nitrogens with zero attached hydrogens (tertiary/aromatic N) is 1. The highest BCUT2D eigenvalue weighted by molar-refractivity contribution is 7.14. The number of carboxylic acid groups (broad SMARTS) is 1. The molecule has 0 radical (unpaired) electrons. The molecule has 35 heavy (non-hydrogen) atoms. The number of aromatic carboxylic acids is 1.